The van der Waals surface area contributed by atoms with Gasteiger partial charge in [0.25, 0.3) is 0 Å². The van der Waals surface area contributed by atoms with E-state index in [0.29, 0.717) is 11.4 Å². The monoisotopic (exact) mass is 326 g/mol. The van der Waals surface area contributed by atoms with Gasteiger partial charge in [0.1, 0.15) is 11.8 Å². The second-order valence-electron chi connectivity index (χ2n) is 5.44. The van der Waals surface area contributed by atoms with Gasteiger partial charge in [-0.25, -0.2) is 4.39 Å². The average Bonchev–Trinajstić information content (AvgIpc) is 2.64. The number of nitrogens with zero attached hydrogens (tertiary/aromatic N) is 2. The second-order valence-corrected chi connectivity index (χ2v) is 5.44. The van der Waals surface area contributed by atoms with Crippen LogP contribution in [0, 0.1) is 24.6 Å². The molecular weight excluding hydrogens is 311 g/mol. The first kappa shape index (κ1) is 16.4. The lowest BCUT2D eigenvalue weighted by Gasteiger charge is -1.98. The Morgan fingerprint density at radius 1 is 0.800 bits per heavy atom. The molecule has 120 valence electrons. The largest absolute Gasteiger partial charge is 0.207 e. The topological polar surface area (TPSA) is 24.7 Å². The van der Waals surface area contributed by atoms with Gasteiger partial charge < -0.3 is 0 Å². The Bertz CT molecular complexity index is 988. The summed E-state index contributed by atoms with van der Waals surface area (Å²) >= 11 is 0. The zero-order chi connectivity index (χ0) is 17.5. The van der Waals surface area contributed by atoms with Crippen molar-refractivity contribution in [3.05, 3.63) is 95.3 Å². The van der Waals surface area contributed by atoms with Crippen LogP contribution >= 0.6 is 0 Å². The summed E-state index contributed by atoms with van der Waals surface area (Å²) < 4.78 is 12.9. The molecule has 0 aliphatic carbocycles. The summed E-state index contributed by atoms with van der Waals surface area (Å²) in [5, 5.41) is 0. The number of aliphatic imine (C=N–C) groups is 2. The maximum absolute atomic E-state index is 12.9. The molecule has 0 unspecified atom stereocenters. The molecule has 0 bridgehead atoms. The summed E-state index contributed by atoms with van der Waals surface area (Å²) in [6.45, 7) is 2.01. The van der Waals surface area contributed by atoms with Gasteiger partial charge in [-0.15, -0.1) is 0 Å². The molecule has 3 aromatic rings. The molecule has 0 spiro atoms. The summed E-state index contributed by atoms with van der Waals surface area (Å²) in [6.07, 6.45) is 0. The molecule has 0 aliphatic rings. The molecule has 0 saturated heterocycles. The van der Waals surface area contributed by atoms with Gasteiger partial charge in [-0.3, -0.25) is 0 Å². The molecular formula is C22H15FN2. The molecule has 25 heavy (non-hydrogen) atoms. The van der Waals surface area contributed by atoms with Gasteiger partial charge >= 0.3 is 0 Å². The number of hydrogen-bond acceptors (Lipinski definition) is 2. The zero-order valence-corrected chi connectivity index (χ0v) is 13.7. The highest BCUT2D eigenvalue weighted by Gasteiger charge is 1.98. The minimum atomic E-state index is -0.298. The lowest BCUT2D eigenvalue weighted by molar-refractivity contribution is 0.628. The van der Waals surface area contributed by atoms with Crippen molar-refractivity contribution in [3.8, 4) is 11.8 Å². The van der Waals surface area contributed by atoms with Gasteiger partial charge in [0.2, 0.25) is 0 Å². The third-order valence-corrected chi connectivity index (χ3v) is 3.44. The Morgan fingerprint density at radius 2 is 1.56 bits per heavy atom. The lowest BCUT2D eigenvalue weighted by Crippen LogP contribution is -1.80. The molecule has 3 rings (SSSR count). The molecule has 0 aliphatic heterocycles. The Morgan fingerprint density at radius 3 is 2.32 bits per heavy atom. The van der Waals surface area contributed by atoms with E-state index in [9.17, 15) is 4.39 Å². The fourth-order valence-corrected chi connectivity index (χ4v) is 2.16. The summed E-state index contributed by atoms with van der Waals surface area (Å²) in [6, 6.07) is 24.1. The SMILES string of the molecule is Cc1ccc(N=C=Nc2ccc(F)cc2)c(C#Cc2ccccc2)c1. The van der Waals surface area contributed by atoms with Crippen LogP contribution in [0.2, 0.25) is 0 Å². The lowest BCUT2D eigenvalue weighted by atomic mass is 10.1. The highest BCUT2D eigenvalue weighted by molar-refractivity contribution is 5.64. The molecule has 0 N–H and O–H groups in total. The highest BCUT2D eigenvalue weighted by Crippen LogP contribution is 2.19. The maximum atomic E-state index is 12.9. The molecule has 0 saturated carbocycles. The summed E-state index contributed by atoms with van der Waals surface area (Å²) in [5.74, 6) is 5.99. The third kappa shape index (κ3) is 4.75. The standard InChI is InChI=1S/C22H15FN2/c1-17-7-14-22(25-16-24-21-12-10-20(23)11-13-21)19(15-17)9-8-18-5-3-2-4-6-18/h2-7,10-15H,1H3. The van der Waals surface area contributed by atoms with Gasteiger partial charge in [-0.05, 0) is 61.0 Å². The highest BCUT2D eigenvalue weighted by atomic mass is 19.1. The van der Waals surface area contributed by atoms with E-state index >= 15 is 0 Å². The number of aryl methyl sites for hydroxylation is 1. The second kappa shape index (κ2) is 7.88. The van der Waals surface area contributed by atoms with Crippen LogP contribution in [0.3, 0.4) is 0 Å². The van der Waals surface area contributed by atoms with Gasteiger partial charge in [0.05, 0.1) is 16.9 Å². The summed E-state index contributed by atoms with van der Waals surface area (Å²) in [7, 11) is 0. The predicted octanol–water partition coefficient (Wildman–Crippen LogP) is 5.67. The van der Waals surface area contributed by atoms with Gasteiger partial charge in [0.15, 0.2) is 0 Å². The van der Waals surface area contributed by atoms with E-state index in [-0.39, 0.29) is 5.82 Å². The summed E-state index contributed by atoms with van der Waals surface area (Å²) in [4.78, 5) is 8.36. The first-order valence-electron chi connectivity index (χ1n) is 7.80. The molecule has 3 aromatic carbocycles. The number of benzene rings is 3. The van der Waals surface area contributed by atoms with Gasteiger partial charge in [-0.1, -0.05) is 36.1 Å². The van der Waals surface area contributed by atoms with Crippen molar-refractivity contribution in [1.29, 1.82) is 0 Å². The van der Waals surface area contributed by atoms with E-state index in [1.54, 1.807) is 12.1 Å². The average molecular weight is 326 g/mol. The molecule has 2 nitrogen and oxygen atoms in total. The molecule has 0 aromatic heterocycles. The van der Waals surface area contributed by atoms with Crippen LogP contribution in [0.4, 0.5) is 15.8 Å². The smallest absolute Gasteiger partial charge is 0.123 e. The molecule has 0 amide bonds. The number of halogens is 1. The first-order valence-corrected chi connectivity index (χ1v) is 7.80. The Kier molecular flexibility index (Phi) is 5.16. The van der Waals surface area contributed by atoms with Crippen LogP contribution in [0.25, 0.3) is 0 Å². The van der Waals surface area contributed by atoms with Crippen molar-refractivity contribution in [1.82, 2.24) is 0 Å². The van der Waals surface area contributed by atoms with Crippen molar-refractivity contribution >= 4 is 17.4 Å². The van der Waals surface area contributed by atoms with Crippen molar-refractivity contribution in [2.24, 2.45) is 9.98 Å². The fraction of sp³-hybridized carbons (Fsp3) is 0.0455. The summed E-state index contributed by atoms with van der Waals surface area (Å²) in [5.41, 5.74) is 4.14. The van der Waals surface area contributed by atoms with Crippen molar-refractivity contribution in [3.63, 3.8) is 0 Å². The molecule has 0 heterocycles. The normalized spacial score (nSPS) is 9.52. The quantitative estimate of drug-likeness (QED) is 0.428. The van der Waals surface area contributed by atoms with Crippen LogP contribution in [0.5, 0.6) is 0 Å². The minimum Gasteiger partial charge on any atom is -0.207 e. The van der Waals surface area contributed by atoms with E-state index in [4.69, 9.17) is 0 Å². The minimum absolute atomic E-state index is 0.298. The van der Waals surface area contributed by atoms with Crippen LogP contribution in [0.1, 0.15) is 16.7 Å². The van der Waals surface area contributed by atoms with Gasteiger partial charge in [-0.2, -0.15) is 9.98 Å². The fourth-order valence-electron chi connectivity index (χ4n) is 2.16. The maximum Gasteiger partial charge on any atom is 0.123 e. The molecule has 3 heteroatoms. The van der Waals surface area contributed by atoms with E-state index in [1.807, 2.05) is 55.5 Å². The molecule has 0 atom stereocenters. The zero-order valence-electron chi connectivity index (χ0n) is 13.7. The van der Waals surface area contributed by atoms with E-state index in [0.717, 1.165) is 16.7 Å². The van der Waals surface area contributed by atoms with Crippen LogP contribution < -0.4 is 0 Å². The molecule has 0 fully saturated rings. The van der Waals surface area contributed by atoms with Crippen molar-refractivity contribution < 1.29 is 4.39 Å². The van der Waals surface area contributed by atoms with E-state index in [1.165, 1.54) is 12.1 Å². The van der Waals surface area contributed by atoms with Gasteiger partial charge in [0, 0.05) is 5.56 Å². The number of hydrogen-bond donors (Lipinski definition) is 0. The van der Waals surface area contributed by atoms with Crippen LogP contribution in [0.15, 0.2) is 82.8 Å². The first-order chi connectivity index (χ1) is 12.2. The van der Waals surface area contributed by atoms with Crippen molar-refractivity contribution in [2.45, 2.75) is 6.92 Å². The van der Waals surface area contributed by atoms with Crippen LogP contribution in [-0.2, 0) is 0 Å². The Labute approximate surface area is 146 Å². The third-order valence-electron chi connectivity index (χ3n) is 3.44. The predicted molar refractivity (Wildman–Crippen MR) is 99.2 cm³/mol. The Balaban J connectivity index is 1.90. The van der Waals surface area contributed by atoms with E-state index in [2.05, 4.69) is 27.8 Å². The molecule has 0 radical (unpaired) electrons. The van der Waals surface area contributed by atoms with Crippen molar-refractivity contribution in [2.75, 3.05) is 0 Å². The number of rotatable bonds is 2. The van der Waals surface area contributed by atoms with Crippen LogP contribution in [-0.4, -0.2) is 6.01 Å². The van der Waals surface area contributed by atoms with E-state index < -0.39 is 0 Å². The Hall–Kier alpha value is -3.47.